The predicted octanol–water partition coefficient (Wildman–Crippen LogP) is 4.96. The first-order valence-corrected chi connectivity index (χ1v) is 11.2. The smallest absolute Gasteiger partial charge is 0.407 e. The molecule has 3 aromatic rings. The second-order valence-corrected chi connectivity index (χ2v) is 8.94. The van der Waals surface area contributed by atoms with E-state index < -0.39 is 10.7 Å². The number of oxazole rings is 1. The zero-order valence-electron chi connectivity index (χ0n) is 16.9. The summed E-state index contributed by atoms with van der Waals surface area (Å²) in [5.41, 5.74) is 1.33. The van der Waals surface area contributed by atoms with Crippen molar-refractivity contribution >= 4 is 40.1 Å². The Hall–Kier alpha value is -3.07. The third-order valence-corrected chi connectivity index (χ3v) is 6.82. The van der Waals surface area contributed by atoms with Crippen LogP contribution >= 0.6 is 11.8 Å². The van der Waals surface area contributed by atoms with Crippen LogP contribution in [0.25, 0.3) is 11.1 Å². The SMILES string of the molecule is O=C(CCCn1c(=O)oc2cc([N+](=O)[O-])ccc21)Nc1ccccc1SC1CCCC1. The van der Waals surface area contributed by atoms with E-state index in [-0.39, 0.29) is 30.1 Å². The fourth-order valence-corrected chi connectivity index (χ4v) is 5.18. The van der Waals surface area contributed by atoms with Crippen LogP contribution in [0.1, 0.15) is 38.5 Å². The number of non-ortho nitro benzene ring substituents is 1. The lowest BCUT2D eigenvalue weighted by atomic mass is 10.2. The molecule has 0 atom stereocenters. The standard InChI is InChI=1S/C22H23N3O5S/c26-21(23-17-8-3-4-9-20(17)31-16-6-1-2-7-16)10-5-13-24-18-12-11-15(25(28)29)14-19(18)30-22(24)27/h3-4,8-9,11-12,14,16H,1-2,5-7,10,13H2,(H,23,26). The van der Waals surface area contributed by atoms with Crippen molar-refractivity contribution in [3.8, 4) is 0 Å². The van der Waals surface area contributed by atoms with E-state index in [9.17, 15) is 19.7 Å². The summed E-state index contributed by atoms with van der Waals surface area (Å²) in [5, 5.41) is 14.5. The van der Waals surface area contributed by atoms with E-state index >= 15 is 0 Å². The van der Waals surface area contributed by atoms with Gasteiger partial charge in [0.15, 0.2) is 5.58 Å². The number of aromatic nitrogens is 1. The van der Waals surface area contributed by atoms with Gasteiger partial charge in [0.1, 0.15) is 0 Å². The van der Waals surface area contributed by atoms with Crippen LogP contribution in [0.2, 0.25) is 0 Å². The molecule has 1 N–H and O–H groups in total. The summed E-state index contributed by atoms with van der Waals surface area (Å²) in [6.07, 6.45) is 5.64. The highest BCUT2D eigenvalue weighted by Gasteiger charge is 2.18. The van der Waals surface area contributed by atoms with Crippen molar-refractivity contribution in [2.24, 2.45) is 0 Å². The highest BCUT2D eigenvalue weighted by Crippen LogP contribution is 2.38. The number of fused-ring (bicyclic) bond motifs is 1. The number of thioether (sulfide) groups is 1. The number of aryl methyl sites for hydroxylation is 1. The number of nitro groups is 1. The van der Waals surface area contributed by atoms with E-state index in [1.165, 1.54) is 48.4 Å². The second kappa shape index (κ2) is 9.38. The van der Waals surface area contributed by atoms with Gasteiger partial charge in [-0.3, -0.25) is 19.5 Å². The van der Waals surface area contributed by atoms with Gasteiger partial charge in [-0.15, -0.1) is 11.8 Å². The maximum Gasteiger partial charge on any atom is 0.419 e. The molecule has 1 saturated carbocycles. The molecule has 4 rings (SSSR count). The third kappa shape index (κ3) is 4.99. The van der Waals surface area contributed by atoms with Crippen LogP contribution < -0.4 is 11.1 Å². The third-order valence-electron chi connectivity index (χ3n) is 5.41. The molecule has 31 heavy (non-hydrogen) atoms. The van der Waals surface area contributed by atoms with Gasteiger partial charge in [-0.25, -0.2) is 4.79 Å². The number of amides is 1. The lowest BCUT2D eigenvalue weighted by molar-refractivity contribution is -0.384. The molecular formula is C22H23N3O5S. The predicted molar refractivity (Wildman–Crippen MR) is 120 cm³/mol. The second-order valence-electron chi connectivity index (χ2n) is 7.60. The fourth-order valence-electron chi connectivity index (χ4n) is 3.85. The van der Waals surface area contributed by atoms with E-state index in [0.717, 1.165) is 10.6 Å². The van der Waals surface area contributed by atoms with Crippen molar-refractivity contribution in [1.82, 2.24) is 4.57 Å². The number of hydrogen-bond acceptors (Lipinski definition) is 6. The van der Waals surface area contributed by atoms with Crippen LogP contribution in [-0.2, 0) is 11.3 Å². The molecule has 1 amide bonds. The summed E-state index contributed by atoms with van der Waals surface area (Å²) >= 11 is 1.83. The van der Waals surface area contributed by atoms with E-state index in [1.54, 1.807) is 0 Å². The van der Waals surface area contributed by atoms with Crippen LogP contribution in [0.3, 0.4) is 0 Å². The summed E-state index contributed by atoms with van der Waals surface area (Å²) in [7, 11) is 0. The van der Waals surface area contributed by atoms with Gasteiger partial charge in [0, 0.05) is 29.2 Å². The molecule has 0 spiro atoms. The highest BCUT2D eigenvalue weighted by molar-refractivity contribution is 8.00. The first kappa shape index (κ1) is 21.2. The van der Waals surface area contributed by atoms with Crippen molar-refractivity contribution in [3.05, 3.63) is 63.1 Å². The molecule has 1 aromatic heterocycles. The Morgan fingerprint density at radius 3 is 2.77 bits per heavy atom. The minimum Gasteiger partial charge on any atom is -0.407 e. The van der Waals surface area contributed by atoms with Crippen LogP contribution in [-0.4, -0.2) is 20.6 Å². The van der Waals surface area contributed by atoms with Crippen LogP contribution in [0.15, 0.2) is 56.6 Å². The van der Waals surface area contributed by atoms with Gasteiger partial charge in [0.25, 0.3) is 5.69 Å². The number of nitrogens with zero attached hydrogens (tertiary/aromatic N) is 2. The molecule has 8 nitrogen and oxygen atoms in total. The number of nitro benzene ring substituents is 1. The number of carbonyl (C=O) groups is 1. The maximum atomic E-state index is 12.5. The van der Waals surface area contributed by atoms with Gasteiger partial charge in [0.2, 0.25) is 5.91 Å². The summed E-state index contributed by atoms with van der Waals surface area (Å²) in [6, 6.07) is 11.9. The number of rotatable bonds is 8. The zero-order chi connectivity index (χ0) is 21.8. The largest absolute Gasteiger partial charge is 0.419 e. The average molecular weight is 442 g/mol. The Bertz CT molecular complexity index is 1160. The monoisotopic (exact) mass is 441 g/mol. The van der Waals surface area contributed by atoms with Crippen LogP contribution in [0, 0.1) is 10.1 Å². The summed E-state index contributed by atoms with van der Waals surface area (Å²) in [6.45, 7) is 0.287. The van der Waals surface area contributed by atoms with Crippen LogP contribution in [0.4, 0.5) is 11.4 Å². The van der Waals surface area contributed by atoms with Crippen molar-refractivity contribution < 1.29 is 14.1 Å². The first-order chi connectivity index (χ1) is 15.0. The number of para-hydroxylation sites is 1. The highest BCUT2D eigenvalue weighted by atomic mass is 32.2. The number of hydrogen-bond donors (Lipinski definition) is 1. The minimum absolute atomic E-state index is 0.115. The van der Waals surface area contributed by atoms with Crippen molar-refractivity contribution in [2.75, 3.05) is 5.32 Å². The van der Waals surface area contributed by atoms with Gasteiger partial charge >= 0.3 is 5.76 Å². The normalized spacial score (nSPS) is 14.2. The van der Waals surface area contributed by atoms with Gasteiger partial charge in [-0.05, 0) is 37.5 Å². The Balaban J connectivity index is 1.36. The number of nitrogens with one attached hydrogen (secondary N) is 1. The summed E-state index contributed by atoms with van der Waals surface area (Å²) in [4.78, 5) is 36.0. The molecule has 1 heterocycles. The topological polar surface area (TPSA) is 107 Å². The van der Waals surface area contributed by atoms with E-state index in [4.69, 9.17) is 4.42 Å². The molecule has 9 heteroatoms. The van der Waals surface area contributed by atoms with Crippen molar-refractivity contribution in [3.63, 3.8) is 0 Å². The lowest BCUT2D eigenvalue weighted by Gasteiger charge is -2.14. The molecule has 1 aliphatic carbocycles. The van der Waals surface area contributed by atoms with E-state index in [1.807, 2.05) is 36.0 Å². The molecule has 0 saturated heterocycles. The summed E-state index contributed by atoms with van der Waals surface area (Å²) in [5.74, 6) is -0.704. The molecule has 162 valence electrons. The molecule has 1 fully saturated rings. The molecule has 0 unspecified atom stereocenters. The number of carbonyl (C=O) groups excluding carboxylic acids is 1. The Kier molecular flexibility index (Phi) is 6.41. The fraction of sp³-hybridized carbons (Fsp3) is 0.364. The van der Waals surface area contributed by atoms with Gasteiger partial charge in [-0.1, -0.05) is 25.0 Å². The molecular weight excluding hydrogens is 418 g/mol. The zero-order valence-corrected chi connectivity index (χ0v) is 17.7. The minimum atomic E-state index is -0.589. The van der Waals surface area contributed by atoms with Crippen molar-refractivity contribution in [2.45, 2.75) is 55.2 Å². The molecule has 0 radical (unpaired) electrons. The summed E-state index contributed by atoms with van der Waals surface area (Å²) < 4.78 is 6.52. The van der Waals surface area contributed by atoms with Gasteiger partial charge in [-0.2, -0.15) is 0 Å². The average Bonchev–Trinajstić information content (AvgIpc) is 3.36. The maximum absolute atomic E-state index is 12.5. The first-order valence-electron chi connectivity index (χ1n) is 10.3. The molecule has 1 aliphatic rings. The molecule has 2 aromatic carbocycles. The number of benzene rings is 2. The molecule has 0 bridgehead atoms. The quantitative estimate of drug-likeness (QED) is 0.391. The Labute approximate surface area is 182 Å². The lowest BCUT2D eigenvalue weighted by Crippen LogP contribution is -2.17. The van der Waals surface area contributed by atoms with Crippen molar-refractivity contribution in [1.29, 1.82) is 0 Å². The number of anilines is 1. The Morgan fingerprint density at radius 1 is 1.23 bits per heavy atom. The Morgan fingerprint density at radius 2 is 2.00 bits per heavy atom. The van der Waals surface area contributed by atoms with Gasteiger partial charge < -0.3 is 9.73 Å². The van der Waals surface area contributed by atoms with Crippen LogP contribution in [0.5, 0.6) is 0 Å². The van der Waals surface area contributed by atoms with E-state index in [0.29, 0.717) is 17.2 Å². The molecule has 0 aliphatic heterocycles. The van der Waals surface area contributed by atoms with Gasteiger partial charge in [0.05, 0.1) is 22.2 Å². The van der Waals surface area contributed by atoms with E-state index in [2.05, 4.69) is 5.32 Å².